The molecule has 17 heavy (non-hydrogen) atoms. The highest BCUT2D eigenvalue weighted by Crippen LogP contribution is 2.16. The highest BCUT2D eigenvalue weighted by atomic mass is 79.9. The molecular weight excluding hydrogens is 286 g/mol. The predicted octanol–water partition coefficient (Wildman–Crippen LogP) is 2.82. The molecule has 0 saturated heterocycles. The van der Waals surface area contributed by atoms with Gasteiger partial charge in [-0.3, -0.25) is 0 Å². The summed E-state index contributed by atoms with van der Waals surface area (Å²) in [5, 5.41) is 12.4. The maximum Gasteiger partial charge on any atom is 0.407 e. The topological polar surface area (TPSA) is 58.6 Å². The van der Waals surface area contributed by atoms with Gasteiger partial charge in [0.05, 0.1) is 12.1 Å². The first-order chi connectivity index (χ1) is 7.67. The van der Waals surface area contributed by atoms with Crippen LogP contribution in [0.15, 0.2) is 0 Å². The molecule has 0 aromatic rings. The molecule has 5 heteroatoms. The van der Waals surface area contributed by atoms with E-state index < -0.39 is 17.8 Å². The Morgan fingerprint density at radius 1 is 1.47 bits per heavy atom. The number of hydrogen-bond donors (Lipinski definition) is 2. The fourth-order valence-electron chi connectivity index (χ4n) is 1.41. The van der Waals surface area contributed by atoms with E-state index in [0.717, 1.165) is 12.8 Å². The second-order valence-corrected chi connectivity index (χ2v) is 6.39. The minimum atomic E-state index is -0.626. The number of hydrogen-bond acceptors (Lipinski definition) is 3. The Morgan fingerprint density at radius 2 is 2.00 bits per heavy atom. The first-order valence-corrected chi connectivity index (χ1v) is 6.90. The van der Waals surface area contributed by atoms with E-state index in [1.54, 1.807) is 6.92 Å². The number of carbonyl (C=O) groups is 1. The SMILES string of the molecule is CCC[C@@H](Br)[C@@H](NC(=O)OC(C)(C)C)[C@@H](C)O. The van der Waals surface area contributed by atoms with Crippen molar-refractivity contribution in [2.75, 3.05) is 0 Å². The summed E-state index contributed by atoms with van der Waals surface area (Å²) in [6.07, 6.45) is 0.739. The lowest BCUT2D eigenvalue weighted by Gasteiger charge is -2.28. The summed E-state index contributed by atoms with van der Waals surface area (Å²) in [6.45, 7) is 9.14. The molecule has 0 bridgehead atoms. The monoisotopic (exact) mass is 309 g/mol. The number of carbonyl (C=O) groups excluding carboxylic acids is 1. The third-order valence-electron chi connectivity index (χ3n) is 2.16. The van der Waals surface area contributed by atoms with Crippen molar-refractivity contribution in [1.82, 2.24) is 5.32 Å². The van der Waals surface area contributed by atoms with Gasteiger partial charge in [0.25, 0.3) is 0 Å². The zero-order valence-corrected chi connectivity index (χ0v) is 12.9. The second-order valence-electron chi connectivity index (χ2n) is 5.22. The molecular formula is C12H24BrNO3. The van der Waals surface area contributed by atoms with Crippen LogP contribution in [0.5, 0.6) is 0 Å². The minimum Gasteiger partial charge on any atom is -0.444 e. The van der Waals surface area contributed by atoms with Crippen molar-refractivity contribution in [1.29, 1.82) is 0 Å². The molecule has 0 heterocycles. The Labute approximate surface area is 112 Å². The lowest BCUT2D eigenvalue weighted by molar-refractivity contribution is 0.0435. The summed E-state index contributed by atoms with van der Waals surface area (Å²) in [5.41, 5.74) is -0.528. The standard InChI is InChI=1S/C12H24BrNO3/c1-6-7-9(13)10(8(2)15)14-11(16)17-12(3,4)5/h8-10,15H,6-7H2,1-5H3,(H,14,16)/t8-,9-,10+/m1/s1. The lowest BCUT2D eigenvalue weighted by Crippen LogP contribution is -2.49. The zero-order chi connectivity index (χ0) is 13.6. The van der Waals surface area contributed by atoms with Crippen molar-refractivity contribution in [3.63, 3.8) is 0 Å². The van der Waals surface area contributed by atoms with Crippen molar-refractivity contribution in [3.05, 3.63) is 0 Å². The number of rotatable bonds is 5. The molecule has 0 radical (unpaired) electrons. The predicted molar refractivity (Wildman–Crippen MR) is 72.5 cm³/mol. The molecule has 3 atom stereocenters. The lowest BCUT2D eigenvalue weighted by atomic mass is 10.1. The average Bonchev–Trinajstić information content (AvgIpc) is 2.11. The molecule has 102 valence electrons. The van der Waals surface area contributed by atoms with Gasteiger partial charge in [-0.25, -0.2) is 4.79 Å². The first-order valence-electron chi connectivity index (χ1n) is 5.99. The highest BCUT2D eigenvalue weighted by Gasteiger charge is 2.27. The quantitative estimate of drug-likeness (QED) is 0.768. The molecule has 2 N–H and O–H groups in total. The minimum absolute atomic E-state index is 0.0417. The highest BCUT2D eigenvalue weighted by molar-refractivity contribution is 9.09. The van der Waals surface area contributed by atoms with E-state index in [2.05, 4.69) is 28.2 Å². The summed E-state index contributed by atoms with van der Waals surface area (Å²) in [4.78, 5) is 11.7. The van der Waals surface area contributed by atoms with Gasteiger partial charge in [-0.15, -0.1) is 0 Å². The molecule has 0 rings (SSSR count). The van der Waals surface area contributed by atoms with Gasteiger partial charge in [-0.05, 0) is 34.1 Å². The van der Waals surface area contributed by atoms with Gasteiger partial charge in [0.1, 0.15) is 5.60 Å². The Balaban J connectivity index is 4.40. The van der Waals surface area contributed by atoms with Gasteiger partial charge in [0.15, 0.2) is 0 Å². The van der Waals surface area contributed by atoms with Crippen molar-refractivity contribution in [2.45, 2.75) is 70.0 Å². The van der Waals surface area contributed by atoms with Crippen LogP contribution in [-0.2, 0) is 4.74 Å². The average molecular weight is 310 g/mol. The van der Waals surface area contributed by atoms with Gasteiger partial charge >= 0.3 is 6.09 Å². The van der Waals surface area contributed by atoms with E-state index in [0.29, 0.717) is 0 Å². The van der Waals surface area contributed by atoms with Crippen LogP contribution in [0, 0.1) is 0 Å². The molecule has 0 spiro atoms. The first kappa shape index (κ1) is 16.7. The van der Waals surface area contributed by atoms with Gasteiger partial charge in [0, 0.05) is 4.83 Å². The number of alkyl carbamates (subject to hydrolysis) is 1. The van der Waals surface area contributed by atoms with E-state index in [1.165, 1.54) is 0 Å². The number of ether oxygens (including phenoxy) is 1. The Hall–Kier alpha value is -0.290. The largest absolute Gasteiger partial charge is 0.444 e. The van der Waals surface area contributed by atoms with Crippen LogP contribution < -0.4 is 5.32 Å². The van der Waals surface area contributed by atoms with E-state index in [9.17, 15) is 9.90 Å². The van der Waals surface area contributed by atoms with Crippen LogP contribution in [0.25, 0.3) is 0 Å². The van der Waals surface area contributed by atoms with Crippen LogP contribution >= 0.6 is 15.9 Å². The third kappa shape index (κ3) is 7.60. The third-order valence-corrected chi connectivity index (χ3v) is 3.18. The van der Waals surface area contributed by atoms with Gasteiger partial charge < -0.3 is 15.2 Å². The second kappa shape index (κ2) is 7.21. The normalized spacial score (nSPS) is 17.1. The van der Waals surface area contributed by atoms with Crippen LogP contribution in [0.3, 0.4) is 0 Å². The number of aliphatic hydroxyl groups is 1. The molecule has 0 aromatic carbocycles. The van der Waals surface area contributed by atoms with Crippen molar-refractivity contribution in [2.24, 2.45) is 0 Å². The van der Waals surface area contributed by atoms with Crippen LogP contribution in [-0.4, -0.2) is 33.8 Å². The van der Waals surface area contributed by atoms with Crippen LogP contribution in [0.2, 0.25) is 0 Å². The van der Waals surface area contributed by atoms with Crippen molar-refractivity contribution < 1.29 is 14.6 Å². The van der Waals surface area contributed by atoms with Gasteiger partial charge in [0.2, 0.25) is 0 Å². The number of alkyl halides is 1. The van der Waals surface area contributed by atoms with Crippen molar-refractivity contribution in [3.8, 4) is 0 Å². The zero-order valence-electron chi connectivity index (χ0n) is 11.3. The summed E-state index contributed by atoms with van der Waals surface area (Å²) in [6, 6.07) is -0.343. The Bertz CT molecular complexity index is 238. The number of halogens is 1. The molecule has 0 saturated carbocycles. The summed E-state index contributed by atoms with van der Waals surface area (Å²) in [7, 11) is 0. The van der Waals surface area contributed by atoms with E-state index >= 15 is 0 Å². The van der Waals surface area contributed by atoms with Crippen molar-refractivity contribution >= 4 is 22.0 Å². The Kier molecular flexibility index (Phi) is 7.09. The van der Waals surface area contributed by atoms with E-state index in [-0.39, 0.29) is 10.9 Å². The Morgan fingerprint density at radius 3 is 2.35 bits per heavy atom. The molecule has 0 aromatic heterocycles. The molecule has 0 aliphatic heterocycles. The van der Waals surface area contributed by atoms with E-state index in [1.807, 2.05) is 20.8 Å². The van der Waals surface area contributed by atoms with Gasteiger partial charge in [-0.1, -0.05) is 29.3 Å². The number of amides is 1. The molecule has 0 aliphatic rings. The fraction of sp³-hybridized carbons (Fsp3) is 0.917. The molecule has 0 fully saturated rings. The van der Waals surface area contributed by atoms with E-state index in [4.69, 9.17) is 4.74 Å². The summed E-state index contributed by atoms with van der Waals surface area (Å²) in [5.74, 6) is 0. The smallest absolute Gasteiger partial charge is 0.407 e. The molecule has 0 unspecified atom stereocenters. The molecule has 1 amide bonds. The summed E-state index contributed by atoms with van der Waals surface area (Å²) < 4.78 is 5.16. The maximum absolute atomic E-state index is 11.6. The van der Waals surface area contributed by atoms with Gasteiger partial charge in [-0.2, -0.15) is 0 Å². The fourth-order valence-corrected chi connectivity index (χ4v) is 2.44. The molecule has 4 nitrogen and oxygen atoms in total. The molecule has 0 aliphatic carbocycles. The number of nitrogens with one attached hydrogen (secondary N) is 1. The van der Waals surface area contributed by atoms with Crippen LogP contribution in [0.1, 0.15) is 47.5 Å². The maximum atomic E-state index is 11.6. The number of aliphatic hydroxyl groups excluding tert-OH is 1. The van der Waals surface area contributed by atoms with Crippen LogP contribution in [0.4, 0.5) is 4.79 Å². The summed E-state index contributed by atoms with van der Waals surface area (Å²) >= 11 is 3.48.